The minimum atomic E-state index is -1.12. The minimum Gasteiger partial charge on any atom is -0.475 e. The quantitative estimate of drug-likeness (QED) is 0.804. The van der Waals surface area contributed by atoms with E-state index in [4.69, 9.17) is 11.6 Å². The largest absolute Gasteiger partial charge is 0.475 e. The molecule has 0 saturated carbocycles. The number of aromatic carboxylic acids is 1. The summed E-state index contributed by atoms with van der Waals surface area (Å²) in [6.07, 6.45) is 0. The number of carboxylic acids is 1. The van der Waals surface area contributed by atoms with Crippen LogP contribution in [-0.2, 0) is 6.54 Å². The van der Waals surface area contributed by atoms with Gasteiger partial charge in [0.25, 0.3) is 0 Å². The molecule has 3 rings (SSSR count). The molecule has 0 amide bonds. The Morgan fingerprint density at radius 2 is 1.95 bits per heavy atom. The van der Waals surface area contributed by atoms with Gasteiger partial charge in [0.1, 0.15) is 5.82 Å². The highest BCUT2D eigenvalue weighted by atomic mass is 35.5. The van der Waals surface area contributed by atoms with E-state index >= 15 is 0 Å². The van der Waals surface area contributed by atoms with E-state index < -0.39 is 5.97 Å². The average Bonchev–Trinajstić information content (AvgIpc) is 2.80. The molecule has 6 heteroatoms. The predicted molar refractivity (Wildman–Crippen MR) is 77.2 cm³/mol. The van der Waals surface area contributed by atoms with Crippen LogP contribution in [0.25, 0.3) is 11.0 Å². The first-order valence-corrected chi connectivity index (χ1v) is 6.56. The molecule has 3 aromatic rings. The molecule has 1 heterocycles. The summed E-state index contributed by atoms with van der Waals surface area (Å²) in [5.41, 5.74) is 1.96. The molecule has 106 valence electrons. The lowest BCUT2D eigenvalue weighted by Gasteiger charge is -2.07. The molecule has 21 heavy (non-hydrogen) atoms. The Morgan fingerprint density at radius 3 is 2.62 bits per heavy atom. The Morgan fingerprint density at radius 1 is 1.24 bits per heavy atom. The van der Waals surface area contributed by atoms with Crippen molar-refractivity contribution >= 4 is 28.6 Å². The van der Waals surface area contributed by atoms with Gasteiger partial charge in [0.15, 0.2) is 0 Å². The second-order valence-electron chi connectivity index (χ2n) is 4.59. The molecular formula is C15H10ClFN2O2. The Balaban J connectivity index is 2.14. The summed E-state index contributed by atoms with van der Waals surface area (Å²) in [4.78, 5) is 15.4. The van der Waals surface area contributed by atoms with Crippen LogP contribution in [0.4, 0.5) is 4.39 Å². The molecular weight excluding hydrogens is 295 g/mol. The number of nitrogens with zero attached hydrogens (tertiary/aromatic N) is 2. The predicted octanol–water partition coefficient (Wildman–Crippen LogP) is 3.58. The number of imidazole rings is 1. The fourth-order valence-corrected chi connectivity index (χ4v) is 2.36. The third kappa shape index (κ3) is 2.60. The Hall–Kier alpha value is -2.40. The maximum Gasteiger partial charge on any atom is 0.372 e. The van der Waals surface area contributed by atoms with Crippen LogP contribution < -0.4 is 0 Å². The van der Waals surface area contributed by atoms with Crippen LogP contribution in [0.15, 0.2) is 42.5 Å². The Bertz CT molecular complexity index is 828. The van der Waals surface area contributed by atoms with E-state index in [2.05, 4.69) is 4.98 Å². The zero-order valence-corrected chi connectivity index (χ0v) is 11.5. The standard InChI is InChI=1S/C15H10ClFN2O2/c16-10-3-6-12-13(7-10)19(14(18-12)15(20)21)8-9-1-4-11(17)5-2-9/h1-7H,8H2,(H,20,21). The second-order valence-corrected chi connectivity index (χ2v) is 5.02. The first kappa shape index (κ1) is 13.6. The van der Waals surface area contributed by atoms with Crippen molar-refractivity contribution in [1.82, 2.24) is 9.55 Å². The number of benzene rings is 2. The lowest BCUT2D eigenvalue weighted by molar-refractivity contribution is 0.0679. The van der Waals surface area contributed by atoms with Gasteiger partial charge in [-0.3, -0.25) is 0 Å². The fourth-order valence-electron chi connectivity index (χ4n) is 2.19. The molecule has 0 atom stereocenters. The van der Waals surface area contributed by atoms with E-state index in [1.54, 1.807) is 34.9 Å². The summed E-state index contributed by atoms with van der Waals surface area (Å²) in [5, 5.41) is 9.78. The Labute approximate surface area is 124 Å². The SMILES string of the molecule is O=C(O)c1nc2ccc(Cl)cc2n1Cc1ccc(F)cc1. The summed E-state index contributed by atoms with van der Waals surface area (Å²) >= 11 is 5.97. The minimum absolute atomic E-state index is 0.0726. The topological polar surface area (TPSA) is 55.1 Å². The summed E-state index contributed by atoms with van der Waals surface area (Å²) < 4.78 is 14.5. The van der Waals surface area contributed by atoms with E-state index in [9.17, 15) is 14.3 Å². The highest BCUT2D eigenvalue weighted by molar-refractivity contribution is 6.31. The zero-order valence-electron chi connectivity index (χ0n) is 10.8. The van der Waals surface area contributed by atoms with Crippen LogP contribution in [0.2, 0.25) is 5.02 Å². The van der Waals surface area contributed by atoms with Gasteiger partial charge in [0, 0.05) is 11.6 Å². The molecule has 2 aromatic carbocycles. The molecule has 0 saturated heterocycles. The van der Waals surface area contributed by atoms with Crippen LogP contribution in [0.5, 0.6) is 0 Å². The number of rotatable bonds is 3. The molecule has 0 fully saturated rings. The number of halogens is 2. The normalized spacial score (nSPS) is 11.0. The van der Waals surface area contributed by atoms with Gasteiger partial charge < -0.3 is 9.67 Å². The van der Waals surface area contributed by atoms with Crippen LogP contribution in [-0.4, -0.2) is 20.6 Å². The first-order chi connectivity index (χ1) is 10.0. The molecule has 0 aliphatic heterocycles. The lowest BCUT2D eigenvalue weighted by Crippen LogP contribution is -2.10. The van der Waals surface area contributed by atoms with E-state index in [1.807, 2.05) is 0 Å². The average molecular weight is 305 g/mol. The van der Waals surface area contributed by atoms with E-state index in [1.165, 1.54) is 12.1 Å². The Kier molecular flexibility index (Phi) is 3.35. The number of fused-ring (bicyclic) bond motifs is 1. The fraction of sp³-hybridized carbons (Fsp3) is 0.0667. The van der Waals surface area contributed by atoms with Gasteiger partial charge in [-0.05, 0) is 35.9 Å². The highest BCUT2D eigenvalue weighted by Crippen LogP contribution is 2.22. The van der Waals surface area contributed by atoms with Crippen molar-refractivity contribution in [1.29, 1.82) is 0 Å². The number of hydrogen-bond acceptors (Lipinski definition) is 2. The van der Waals surface area contributed by atoms with E-state index in [0.717, 1.165) is 5.56 Å². The van der Waals surface area contributed by atoms with Gasteiger partial charge in [-0.15, -0.1) is 0 Å². The van der Waals surface area contributed by atoms with Gasteiger partial charge in [0.05, 0.1) is 11.0 Å². The molecule has 1 N–H and O–H groups in total. The van der Waals surface area contributed by atoms with Gasteiger partial charge in [0.2, 0.25) is 5.82 Å². The molecule has 1 aromatic heterocycles. The maximum atomic E-state index is 12.9. The van der Waals surface area contributed by atoms with Crippen LogP contribution >= 0.6 is 11.6 Å². The van der Waals surface area contributed by atoms with Gasteiger partial charge in [-0.25, -0.2) is 14.2 Å². The molecule has 0 aliphatic rings. The van der Waals surface area contributed by atoms with Gasteiger partial charge >= 0.3 is 5.97 Å². The van der Waals surface area contributed by atoms with Crippen molar-refractivity contribution in [3.8, 4) is 0 Å². The number of hydrogen-bond donors (Lipinski definition) is 1. The van der Waals surface area contributed by atoms with Gasteiger partial charge in [-0.2, -0.15) is 0 Å². The summed E-state index contributed by atoms with van der Waals surface area (Å²) in [7, 11) is 0. The second kappa shape index (κ2) is 5.18. The number of carbonyl (C=O) groups is 1. The summed E-state index contributed by atoms with van der Waals surface area (Å²) in [6.45, 7) is 0.277. The highest BCUT2D eigenvalue weighted by Gasteiger charge is 2.17. The molecule has 0 aliphatic carbocycles. The molecule has 0 unspecified atom stereocenters. The molecule has 0 bridgehead atoms. The van der Waals surface area contributed by atoms with Crippen LogP contribution in [0, 0.1) is 5.82 Å². The van der Waals surface area contributed by atoms with E-state index in [-0.39, 0.29) is 18.2 Å². The van der Waals surface area contributed by atoms with E-state index in [0.29, 0.717) is 16.1 Å². The summed E-state index contributed by atoms with van der Waals surface area (Å²) in [6, 6.07) is 10.9. The maximum absolute atomic E-state index is 12.9. The number of carboxylic acid groups (broad SMARTS) is 1. The van der Waals surface area contributed by atoms with Crippen LogP contribution in [0.3, 0.4) is 0 Å². The van der Waals surface area contributed by atoms with Crippen molar-refractivity contribution in [3.63, 3.8) is 0 Å². The first-order valence-electron chi connectivity index (χ1n) is 6.18. The molecule has 0 spiro atoms. The number of aromatic nitrogens is 2. The van der Waals surface area contributed by atoms with Crippen molar-refractivity contribution in [2.24, 2.45) is 0 Å². The third-order valence-electron chi connectivity index (χ3n) is 3.16. The molecule has 4 nitrogen and oxygen atoms in total. The van der Waals surface area contributed by atoms with Crippen molar-refractivity contribution in [2.45, 2.75) is 6.54 Å². The third-order valence-corrected chi connectivity index (χ3v) is 3.39. The lowest BCUT2D eigenvalue weighted by atomic mass is 10.2. The smallest absolute Gasteiger partial charge is 0.372 e. The van der Waals surface area contributed by atoms with Crippen molar-refractivity contribution in [3.05, 3.63) is 64.7 Å². The monoisotopic (exact) mass is 304 g/mol. The van der Waals surface area contributed by atoms with Crippen molar-refractivity contribution < 1.29 is 14.3 Å². The zero-order chi connectivity index (χ0) is 15.0. The summed E-state index contributed by atoms with van der Waals surface area (Å²) in [5.74, 6) is -1.53. The van der Waals surface area contributed by atoms with Crippen LogP contribution in [0.1, 0.15) is 16.2 Å². The van der Waals surface area contributed by atoms with Gasteiger partial charge in [-0.1, -0.05) is 23.7 Å². The molecule has 0 radical (unpaired) electrons. The van der Waals surface area contributed by atoms with Crippen molar-refractivity contribution in [2.75, 3.05) is 0 Å².